The molecule has 0 atom stereocenters. The van der Waals surface area contributed by atoms with Gasteiger partial charge in [0.25, 0.3) is 5.91 Å². The number of carboxylic acid groups (broad SMARTS) is 1. The standard InChI is InChI=1S/C19H24N4O4/c1-12-17(8-9-18(25)26)13(2)23(22-12)16-6-4-15(5-7-16)19(27)21-11-10-20-14(3)24/h4-7H,8-11H2,1-3H3,(H,20,24)(H,21,27)(H,25,26). The molecule has 0 spiro atoms. The number of aromatic nitrogens is 2. The molecule has 0 saturated carbocycles. The largest absolute Gasteiger partial charge is 0.481 e. The van der Waals surface area contributed by atoms with Gasteiger partial charge in [0.2, 0.25) is 5.91 Å². The number of nitrogens with zero attached hydrogens (tertiary/aromatic N) is 2. The van der Waals surface area contributed by atoms with E-state index < -0.39 is 5.97 Å². The van der Waals surface area contributed by atoms with Crippen molar-refractivity contribution in [2.45, 2.75) is 33.6 Å². The Morgan fingerprint density at radius 1 is 1.07 bits per heavy atom. The second-order valence-corrected chi connectivity index (χ2v) is 6.24. The van der Waals surface area contributed by atoms with Crippen LogP contribution in [0, 0.1) is 13.8 Å². The van der Waals surface area contributed by atoms with E-state index in [0.717, 1.165) is 22.6 Å². The van der Waals surface area contributed by atoms with Gasteiger partial charge in [0, 0.05) is 37.7 Å². The summed E-state index contributed by atoms with van der Waals surface area (Å²) in [7, 11) is 0. The number of aliphatic carboxylic acids is 1. The zero-order valence-electron chi connectivity index (χ0n) is 15.7. The van der Waals surface area contributed by atoms with Crippen molar-refractivity contribution in [3.63, 3.8) is 0 Å². The molecule has 1 heterocycles. The van der Waals surface area contributed by atoms with Crippen LogP contribution in [0.3, 0.4) is 0 Å². The molecule has 8 heteroatoms. The maximum absolute atomic E-state index is 12.1. The molecule has 8 nitrogen and oxygen atoms in total. The summed E-state index contributed by atoms with van der Waals surface area (Å²) in [6, 6.07) is 7.00. The summed E-state index contributed by atoms with van der Waals surface area (Å²) in [4.78, 5) is 33.7. The van der Waals surface area contributed by atoms with E-state index in [1.54, 1.807) is 28.9 Å². The smallest absolute Gasteiger partial charge is 0.303 e. The van der Waals surface area contributed by atoms with Crippen molar-refractivity contribution in [2.75, 3.05) is 13.1 Å². The van der Waals surface area contributed by atoms with E-state index in [0.29, 0.717) is 25.1 Å². The average molecular weight is 372 g/mol. The highest BCUT2D eigenvalue weighted by Gasteiger charge is 2.14. The summed E-state index contributed by atoms with van der Waals surface area (Å²) in [6.45, 7) is 5.92. The van der Waals surface area contributed by atoms with Crippen molar-refractivity contribution in [3.05, 3.63) is 46.8 Å². The van der Waals surface area contributed by atoms with Crippen molar-refractivity contribution in [1.82, 2.24) is 20.4 Å². The van der Waals surface area contributed by atoms with Crippen LogP contribution in [0.5, 0.6) is 0 Å². The van der Waals surface area contributed by atoms with Crippen LogP contribution < -0.4 is 10.6 Å². The lowest BCUT2D eigenvalue weighted by Gasteiger charge is -2.08. The monoisotopic (exact) mass is 372 g/mol. The van der Waals surface area contributed by atoms with Crippen molar-refractivity contribution in [3.8, 4) is 5.69 Å². The molecule has 0 radical (unpaired) electrons. The third-order valence-corrected chi connectivity index (χ3v) is 4.19. The Kier molecular flexibility index (Phi) is 6.70. The van der Waals surface area contributed by atoms with Gasteiger partial charge in [-0.3, -0.25) is 14.4 Å². The lowest BCUT2D eigenvalue weighted by atomic mass is 10.1. The summed E-state index contributed by atoms with van der Waals surface area (Å²) < 4.78 is 1.75. The number of rotatable bonds is 8. The van der Waals surface area contributed by atoms with Crippen molar-refractivity contribution >= 4 is 17.8 Å². The molecule has 0 aliphatic rings. The first-order valence-corrected chi connectivity index (χ1v) is 8.69. The summed E-state index contributed by atoms with van der Waals surface area (Å²) in [5.41, 5.74) is 3.92. The molecule has 3 N–H and O–H groups in total. The highest BCUT2D eigenvalue weighted by Crippen LogP contribution is 2.19. The maximum atomic E-state index is 12.1. The van der Waals surface area contributed by atoms with Crippen LogP contribution in [-0.2, 0) is 16.0 Å². The SMILES string of the molecule is CC(=O)NCCNC(=O)c1ccc(-n2nc(C)c(CCC(=O)O)c2C)cc1. The molecule has 2 aromatic rings. The number of hydrogen-bond donors (Lipinski definition) is 3. The number of carbonyl (C=O) groups is 3. The Balaban J connectivity index is 2.06. The second-order valence-electron chi connectivity index (χ2n) is 6.24. The van der Waals surface area contributed by atoms with Gasteiger partial charge in [0.05, 0.1) is 11.4 Å². The fourth-order valence-electron chi connectivity index (χ4n) is 2.79. The minimum absolute atomic E-state index is 0.0605. The van der Waals surface area contributed by atoms with Crippen LogP contribution in [0.4, 0.5) is 0 Å². The average Bonchev–Trinajstić information content (AvgIpc) is 2.90. The molecule has 0 fully saturated rings. The zero-order chi connectivity index (χ0) is 20.0. The number of benzene rings is 1. The third kappa shape index (κ3) is 5.40. The molecule has 0 aliphatic heterocycles. The first-order valence-electron chi connectivity index (χ1n) is 8.69. The van der Waals surface area contributed by atoms with Gasteiger partial charge in [-0.15, -0.1) is 0 Å². The van der Waals surface area contributed by atoms with Crippen molar-refractivity contribution < 1.29 is 19.5 Å². The Bertz CT molecular complexity index is 840. The maximum Gasteiger partial charge on any atom is 0.303 e. The fourth-order valence-corrected chi connectivity index (χ4v) is 2.79. The Morgan fingerprint density at radius 3 is 2.30 bits per heavy atom. The Morgan fingerprint density at radius 2 is 1.70 bits per heavy atom. The van der Waals surface area contributed by atoms with Crippen LogP contribution in [0.1, 0.15) is 40.7 Å². The first-order chi connectivity index (χ1) is 12.8. The highest BCUT2D eigenvalue weighted by atomic mass is 16.4. The minimum Gasteiger partial charge on any atom is -0.481 e. The third-order valence-electron chi connectivity index (χ3n) is 4.19. The van der Waals surface area contributed by atoms with E-state index in [2.05, 4.69) is 15.7 Å². The van der Waals surface area contributed by atoms with Gasteiger partial charge < -0.3 is 15.7 Å². The summed E-state index contributed by atoms with van der Waals surface area (Å²) >= 11 is 0. The number of carbonyl (C=O) groups excluding carboxylic acids is 2. The molecule has 0 aliphatic carbocycles. The van der Waals surface area contributed by atoms with E-state index in [4.69, 9.17) is 5.11 Å². The van der Waals surface area contributed by atoms with Crippen LogP contribution in [0.15, 0.2) is 24.3 Å². The normalized spacial score (nSPS) is 10.5. The van der Waals surface area contributed by atoms with E-state index in [9.17, 15) is 14.4 Å². The highest BCUT2D eigenvalue weighted by molar-refractivity contribution is 5.94. The molecular formula is C19H24N4O4. The topological polar surface area (TPSA) is 113 Å². The number of hydrogen-bond acceptors (Lipinski definition) is 4. The van der Waals surface area contributed by atoms with Crippen molar-refractivity contribution in [1.29, 1.82) is 0 Å². The predicted molar refractivity (Wildman–Crippen MR) is 100 cm³/mol. The predicted octanol–water partition coefficient (Wildman–Crippen LogP) is 1.37. The van der Waals surface area contributed by atoms with Crippen LogP contribution in [0.25, 0.3) is 5.69 Å². The summed E-state index contributed by atoms with van der Waals surface area (Å²) in [6.07, 6.45) is 0.493. The molecule has 0 saturated heterocycles. The first kappa shape index (κ1) is 20.2. The van der Waals surface area contributed by atoms with E-state index in [-0.39, 0.29) is 18.2 Å². The van der Waals surface area contributed by atoms with E-state index in [1.165, 1.54) is 6.92 Å². The molecule has 144 valence electrons. The zero-order valence-corrected chi connectivity index (χ0v) is 15.7. The number of aryl methyl sites for hydroxylation is 1. The lowest BCUT2D eigenvalue weighted by Crippen LogP contribution is -2.33. The molecule has 27 heavy (non-hydrogen) atoms. The van der Waals surface area contributed by atoms with E-state index >= 15 is 0 Å². The van der Waals surface area contributed by atoms with Gasteiger partial charge in [0.1, 0.15) is 0 Å². The molecule has 2 amide bonds. The Labute approximate surface area is 157 Å². The number of carboxylic acids is 1. The quantitative estimate of drug-likeness (QED) is 0.606. The molecule has 0 bridgehead atoms. The van der Waals surface area contributed by atoms with Gasteiger partial charge in [-0.25, -0.2) is 4.68 Å². The van der Waals surface area contributed by atoms with Crippen LogP contribution in [-0.4, -0.2) is 45.8 Å². The molecular weight excluding hydrogens is 348 g/mol. The Hall–Kier alpha value is -3.16. The summed E-state index contributed by atoms with van der Waals surface area (Å²) in [5.74, 6) is -1.20. The molecule has 1 aromatic heterocycles. The summed E-state index contributed by atoms with van der Waals surface area (Å²) in [5, 5.41) is 18.7. The van der Waals surface area contributed by atoms with Gasteiger partial charge in [0.15, 0.2) is 0 Å². The second kappa shape index (κ2) is 8.98. The van der Waals surface area contributed by atoms with E-state index in [1.807, 2.05) is 13.8 Å². The molecule has 1 aromatic carbocycles. The van der Waals surface area contributed by atoms with Gasteiger partial charge in [-0.2, -0.15) is 5.10 Å². The van der Waals surface area contributed by atoms with Gasteiger partial charge >= 0.3 is 5.97 Å². The number of amides is 2. The molecule has 2 rings (SSSR count). The minimum atomic E-state index is -0.838. The van der Waals surface area contributed by atoms with Gasteiger partial charge in [-0.1, -0.05) is 0 Å². The van der Waals surface area contributed by atoms with Crippen LogP contribution in [0.2, 0.25) is 0 Å². The fraction of sp³-hybridized carbons (Fsp3) is 0.368. The number of nitrogens with one attached hydrogen (secondary N) is 2. The van der Waals surface area contributed by atoms with Crippen LogP contribution >= 0.6 is 0 Å². The van der Waals surface area contributed by atoms with Crippen molar-refractivity contribution in [2.24, 2.45) is 0 Å². The molecule has 0 unspecified atom stereocenters. The van der Waals surface area contributed by atoms with Gasteiger partial charge in [-0.05, 0) is 50.1 Å². The lowest BCUT2D eigenvalue weighted by molar-refractivity contribution is -0.137.